The molecule has 4 heteroatoms. The molecule has 234 valence electrons. The van der Waals surface area contributed by atoms with Crippen LogP contribution in [0, 0.1) is 0 Å². The van der Waals surface area contributed by atoms with Crippen LogP contribution in [-0.2, 0) is 9.59 Å². The average Bonchev–Trinajstić information content (AvgIpc) is 2.93. The Morgan fingerprint density at radius 2 is 0.692 bits per heavy atom. The molecule has 0 aliphatic carbocycles. The van der Waals surface area contributed by atoms with Crippen LogP contribution in [0.15, 0.2) is 0 Å². The van der Waals surface area contributed by atoms with Crippen LogP contribution in [0.25, 0.3) is 0 Å². The maximum absolute atomic E-state index is 11.4. The van der Waals surface area contributed by atoms with Gasteiger partial charge in [-0.05, 0) is 19.3 Å². The molecule has 0 rings (SSSR count). The molecule has 3 N–H and O–H groups in total. The second-order valence-corrected chi connectivity index (χ2v) is 11.8. The normalized spacial score (nSPS) is 10.7. The zero-order chi connectivity index (χ0) is 29.1. The highest BCUT2D eigenvalue weighted by Gasteiger charge is 2.00. The van der Waals surface area contributed by atoms with Crippen LogP contribution in [0.2, 0.25) is 0 Å². The molecule has 0 saturated carbocycles. The van der Waals surface area contributed by atoms with E-state index in [0.717, 1.165) is 32.2 Å². The van der Waals surface area contributed by atoms with Gasteiger partial charge < -0.3 is 11.1 Å². The van der Waals surface area contributed by atoms with E-state index in [0.29, 0.717) is 6.42 Å². The largest absolute Gasteiger partial charge is 0.370 e. The highest BCUT2D eigenvalue weighted by Crippen LogP contribution is 2.14. The molecule has 0 aromatic heterocycles. The minimum Gasteiger partial charge on any atom is -0.370 e. The number of amides is 2. The van der Waals surface area contributed by atoms with Crippen LogP contribution in [0.3, 0.4) is 0 Å². The molecule has 0 aromatic rings. The van der Waals surface area contributed by atoms with E-state index < -0.39 is 0 Å². The lowest BCUT2D eigenvalue weighted by Crippen LogP contribution is -2.23. The van der Waals surface area contributed by atoms with Gasteiger partial charge in [0.05, 0.1) is 0 Å². The SMILES string of the molecule is CCCCCCCCCCCCCCCC(=O)NCCC.CCCCCCCCCCCCCCCC(N)=O. The summed E-state index contributed by atoms with van der Waals surface area (Å²) in [4.78, 5) is 21.9. The zero-order valence-corrected chi connectivity index (χ0v) is 27.1. The number of unbranched alkanes of at least 4 members (excludes halogenated alkanes) is 24. The van der Waals surface area contributed by atoms with Crippen molar-refractivity contribution in [1.82, 2.24) is 5.32 Å². The molecule has 0 radical (unpaired) electrons. The van der Waals surface area contributed by atoms with Crippen molar-refractivity contribution in [1.29, 1.82) is 0 Å². The Hall–Kier alpha value is -1.06. The monoisotopic (exact) mass is 553 g/mol. The maximum atomic E-state index is 11.4. The summed E-state index contributed by atoms with van der Waals surface area (Å²) in [6.45, 7) is 7.46. The van der Waals surface area contributed by atoms with Crippen LogP contribution < -0.4 is 11.1 Å². The van der Waals surface area contributed by atoms with E-state index in [-0.39, 0.29) is 11.8 Å². The summed E-state index contributed by atoms with van der Waals surface area (Å²) in [6, 6.07) is 0. The zero-order valence-electron chi connectivity index (χ0n) is 27.1. The number of carbonyl (C=O) groups is 2. The van der Waals surface area contributed by atoms with Gasteiger partial charge in [-0.25, -0.2) is 0 Å². The molecule has 4 nitrogen and oxygen atoms in total. The molecule has 0 saturated heterocycles. The highest BCUT2D eigenvalue weighted by molar-refractivity contribution is 5.75. The third-order valence-corrected chi connectivity index (χ3v) is 7.61. The quantitative estimate of drug-likeness (QED) is 0.0870. The number of rotatable bonds is 30. The van der Waals surface area contributed by atoms with Gasteiger partial charge in [0.1, 0.15) is 0 Å². The van der Waals surface area contributed by atoms with Crippen molar-refractivity contribution in [2.75, 3.05) is 6.54 Å². The highest BCUT2D eigenvalue weighted by atomic mass is 16.1. The molecule has 0 bridgehead atoms. The lowest BCUT2D eigenvalue weighted by Gasteiger charge is -2.04. The van der Waals surface area contributed by atoms with E-state index in [9.17, 15) is 9.59 Å². The van der Waals surface area contributed by atoms with Crippen molar-refractivity contribution >= 4 is 11.8 Å². The lowest BCUT2D eigenvalue weighted by molar-refractivity contribution is -0.121. The summed E-state index contributed by atoms with van der Waals surface area (Å²) in [5.74, 6) is 0.0815. The first kappa shape index (κ1) is 40.1. The first-order valence-corrected chi connectivity index (χ1v) is 17.6. The van der Waals surface area contributed by atoms with E-state index in [1.807, 2.05) is 0 Å². The second kappa shape index (κ2) is 36.9. The van der Waals surface area contributed by atoms with Gasteiger partial charge in [-0.2, -0.15) is 0 Å². The fourth-order valence-corrected chi connectivity index (χ4v) is 4.97. The van der Waals surface area contributed by atoms with Gasteiger partial charge in [0, 0.05) is 19.4 Å². The molecule has 0 fully saturated rings. The van der Waals surface area contributed by atoms with E-state index in [4.69, 9.17) is 5.73 Å². The second-order valence-electron chi connectivity index (χ2n) is 11.8. The van der Waals surface area contributed by atoms with E-state index >= 15 is 0 Å². The van der Waals surface area contributed by atoms with Crippen LogP contribution in [-0.4, -0.2) is 18.4 Å². The minimum absolute atomic E-state index is 0.155. The molecular formula is C35H72N2O2. The predicted molar refractivity (Wildman–Crippen MR) is 173 cm³/mol. The molecule has 0 spiro atoms. The van der Waals surface area contributed by atoms with Gasteiger partial charge in [0.15, 0.2) is 0 Å². The van der Waals surface area contributed by atoms with Gasteiger partial charge in [0.2, 0.25) is 11.8 Å². The van der Waals surface area contributed by atoms with Gasteiger partial charge >= 0.3 is 0 Å². The first-order valence-electron chi connectivity index (χ1n) is 17.6. The molecule has 0 aromatic carbocycles. The summed E-state index contributed by atoms with van der Waals surface area (Å²) in [7, 11) is 0. The van der Waals surface area contributed by atoms with Gasteiger partial charge in [0.25, 0.3) is 0 Å². The standard InChI is InChI=1S/C19H39NO.C16H33NO/c1-3-5-6-7-8-9-10-11-12-13-14-15-16-17-19(21)20-18-4-2;1-2-3-4-5-6-7-8-9-10-11-12-13-14-15-16(17)18/h3-18H2,1-2H3,(H,20,21);2-15H2,1H3,(H2,17,18). The summed E-state index contributed by atoms with van der Waals surface area (Å²) in [5, 5.41) is 2.94. The Kier molecular flexibility index (Phi) is 38.0. The summed E-state index contributed by atoms with van der Waals surface area (Å²) < 4.78 is 0. The third-order valence-electron chi connectivity index (χ3n) is 7.61. The van der Waals surface area contributed by atoms with Crippen molar-refractivity contribution in [3.63, 3.8) is 0 Å². The molecule has 39 heavy (non-hydrogen) atoms. The number of nitrogens with two attached hydrogens (primary N) is 1. The van der Waals surface area contributed by atoms with E-state index in [1.165, 1.54) is 154 Å². The van der Waals surface area contributed by atoms with Crippen LogP contribution >= 0.6 is 0 Å². The molecule has 0 aliphatic rings. The van der Waals surface area contributed by atoms with Crippen LogP contribution in [0.5, 0.6) is 0 Å². The van der Waals surface area contributed by atoms with E-state index in [1.54, 1.807) is 0 Å². The molecule has 2 amide bonds. The fraction of sp³-hybridized carbons (Fsp3) is 0.943. The van der Waals surface area contributed by atoms with Gasteiger partial charge in [-0.15, -0.1) is 0 Å². The van der Waals surface area contributed by atoms with Crippen molar-refractivity contribution < 1.29 is 9.59 Å². The molecular weight excluding hydrogens is 480 g/mol. The summed E-state index contributed by atoms with van der Waals surface area (Å²) in [6.07, 6.45) is 37.3. The van der Waals surface area contributed by atoms with Crippen molar-refractivity contribution in [3.8, 4) is 0 Å². The Labute approximate surface area is 245 Å². The van der Waals surface area contributed by atoms with Gasteiger partial charge in [-0.3, -0.25) is 9.59 Å². The van der Waals surface area contributed by atoms with Crippen molar-refractivity contribution in [2.45, 2.75) is 207 Å². The summed E-state index contributed by atoms with van der Waals surface area (Å²) >= 11 is 0. The Morgan fingerprint density at radius 1 is 0.410 bits per heavy atom. The maximum Gasteiger partial charge on any atom is 0.219 e. The minimum atomic E-state index is -0.155. The van der Waals surface area contributed by atoms with Crippen molar-refractivity contribution in [3.05, 3.63) is 0 Å². The molecule has 0 heterocycles. The van der Waals surface area contributed by atoms with Gasteiger partial charge in [-0.1, -0.05) is 175 Å². The molecule has 0 atom stereocenters. The number of hydrogen-bond donors (Lipinski definition) is 2. The summed E-state index contributed by atoms with van der Waals surface area (Å²) in [5.41, 5.74) is 5.09. The van der Waals surface area contributed by atoms with E-state index in [2.05, 4.69) is 26.1 Å². The first-order chi connectivity index (χ1) is 19.1. The van der Waals surface area contributed by atoms with Crippen LogP contribution in [0.4, 0.5) is 0 Å². The Morgan fingerprint density at radius 3 is 0.974 bits per heavy atom. The Balaban J connectivity index is 0. The smallest absolute Gasteiger partial charge is 0.219 e. The number of carbonyl (C=O) groups excluding carboxylic acids is 2. The topological polar surface area (TPSA) is 72.2 Å². The fourth-order valence-electron chi connectivity index (χ4n) is 4.97. The molecule has 0 aliphatic heterocycles. The third kappa shape index (κ3) is 41.6. The number of primary amides is 1. The molecule has 0 unspecified atom stereocenters. The number of hydrogen-bond acceptors (Lipinski definition) is 2. The predicted octanol–water partition coefficient (Wildman–Crippen LogP) is 10.9. The van der Waals surface area contributed by atoms with Crippen LogP contribution in [0.1, 0.15) is 207 Å². The Bertz CT molecular complexity index is 481. The number of nitrogens with one attached hydrogen (secondary N) is 1. The average molecular weight is 553 g/mol. The van der Waals surface area contributed by atoms with Crippen molar-refractivity contribution in [2.24, 2.45) is 5.73 Å². The lowest BCUT2D eigenvalue weighted by atomic mass is 10.0.